The summed E-state index contributed by atoms with van der Waals surface area (Å²) in [5.41, 5.74) is 1.12. The van der Waals surface area contributed by atoms with E-state index in [4.69, 9.17) is 14.6 Å². The molecule has 0 spiro atoms. The van der Waals surface area contributed by atoms with Crippen LogP contribution in [0.2, 0.25) is 0 Å². The molecule has 0 aromatic carbocycles. The number of alkyl halides is 3. The van der Waals surface area contributed by atoms with Gasteiger partial charge in [0, 0.05) is 44.5 Å². The van der Waals surface area contributed by atoms with Gasteiger partial charge in [0.05, 0.1) is 19.0 Å². The van der Waals surface area contributed by atoms with E-state index in [0.717, 1.165) is 37.4 Å². The minimum atomic E-state index is -5.08. The molecule has 2 atom stereocenters. The first-order valence-corrected chi connectivity index (χ1v) is 11.2. The van der Waals surface area contributed by atoms with Crippen LogP contribution < -0.4 is 4.90 Å². The summed E-state index contributed by atoms with van der Waals surface area (Å²) in [6.07, 6.45) is 1.62. The Bertz CT molecular complexity index is 820. The Kier molecular flexibility index (Phi) is 7.99. The van der Waals surface area contributed by atoms with Gasteiger partial charge in [-0.3, -0.25) is 0 Å². The van der Waals surface area contributed by atoms with Gasteiger partial charge < -0.3 is 14.7 Å². The van der Waals surface area contributed by atoms with E-state index < -0.39 is 22.2 Å². The molecule has 2 fully saturated rings. The van der Waals surface area contributed by atoms with Crippen LogP contribution in [0.3, 0.4) is 0 Å². The van der Waals surface area contributed by atoms with Crippen molar-refractivity contribution in [2.45, 2.75) is 32.0 Å². The summed E-state index contributed by atoms with van der Waals surface area (Å²) in [4.78, 5) is 20.0. The summed E-state index contributed by atoms with van der Waals surface area (Å²) in [6.45, 7) is 5.21. The fraction of sp³-hybridized carbons (Fsp3) is 0.706. The standard InChI is InChI=1S/C15H24N4O3S.C2HF3O2/c1-3-12-8-16-15(17-9-12)18-6-7-22-14-11-19(23(2,20)21)5-4-13(14)10-18;3-2(4,5)1(6)7/h8-9,13-14H,3-7,10-11H2,1-2H3;(H,6,7)/t13-,14-;/m1./s1. The van der Waals surface area contributed by atoms with E-state index in [0.29, 0.717) is 25.6 Å². The number of rotatable bonds is 3. The number of hydrogen-bond donors (Lipinski definition) is 1. The lowest BCUT2D eigenvalue weighted by atomic mass is 9.94. The molecular formula is C17H25F3N4O5S. The molecule has 3 heterocycles. The molecule has 170 valence electrons. The average Bonchev–Trinajstić information content (AvgIpc) is 2.89. The zero-order valence-corrected chi connectivity index (χ0v) is 17.5. The van der Waals surface area contributed by atoms with Crippen LogP contribution in [0, 0.1) is 5.92 Å². The molecule has 13 heteroatoms. The Morgan fingerprint density at radius 3 is 2.37 bits per heavy atom. The van der Waals surface area contributed by atoms with Crippen molar-refractivity contribution < 1.29 is 36.2 Å². The number of aryl methyl sites for hydroxylation is 1. The van der Waals surface area contributed by atoms with E-state index in [9.17, 15) is 21.6 Å². The lowest BCUT2D eigenvalue weighted by molar-refractivity contribution is -0.192. The Morgan fingerprint density at radius 1 is 1.27 bits per heavy atom. The third-order valence-electron chi connectivity index (χ3n) is 4.90. The van der Waals surface area contributed by atoms with Crippen LogP contribution >= 0.6 is 0 Å². The number of fused-ring (bicyclic) bond motifs is 1. The summed E-state index contributed by atoms with van der Waals surface area (Å²) in [6, 6.07) is 0. The zero-order valence-electron chi connectivity index (χ0n) is 16.7. The molecule has 0 saturated carbocycles. The number of nitrogens with zero attached hydrogens (tertiary/aromatic N) is 4. The maximum atomic E-state index is 11.7. The van der Waals surface area contributed by atoms with E-state index in [1.54, 1.807) is 0 Å². The zero-order chi connectivity index (χ0) is 22.5. The van der Waals surface area contributed by atoms with Gasteiger partial charge in [-0.15, -0.1) is 0 Å². The van der Waals surface area contributed by atoms with Gasteiger partial charge in [0.25, 0.3) is 0 Å². The lowest BCUT2D eigenvalue weighted by Gasteiger charge is -2.36. The minimum Gasteiger partial charge on any atom is -0.475 e. The van der Waals surface area contributed by atoms with Gasteiger partial charge in [0.1, 0.15) is 0 Å². The Hall–Kier alpha value is -1.99. The highest BCUT2D eigenvalue weighted by atomic mass is 32.2. The highest BCUT2D eigenvalue weighted by Gasteiger charge is 2.38. The number of carboxylic acids is 1. The molecule has 0 unspecified atom stereocenters. The second-order valence-corrected chi connectivity index (χ2v) is 9.06. The van der Waals surface area contributed by atoms with Crippen LogP contribution in [-0.4, -0.2) is 85.1 Å². The first-order chi connectivity index (χ1) is 13.9. The smallest absolute Gasteiger partial charge is 0.475 e. The largest absolute Gasteiger partial charge is 0.490 e. The van der Waals surface area contributed by atoms with Crippen molar-refractivity contribution in [3.05, 3.63) is 18.0 Å². The number of aromatic nitrogens is 2. The summed E-state index contributed by atoms with van der Waals surface area (Å²) in [7, 11) is -3.15. The van der Waals surface area contributed by atoms with Gasteiger partial charge in [-0.2, -0.15) is 17.5 Å². The summed E-state index contributed by atoms with van der Waals surface area (Å²) < 4.78 is 62.7. The van der Waals surface area contributed by atoms with Gasteiger partial charge in [-0.1, -0.05) is 6.92 Å². The SMILES string of the molecule is CCc1cnc(N2CCO[C@@H]3CN(S(C)(=O)=O)CC[C@@H]3C2)nc1.O=C(O)C(F)(F)F. The molecule has 2 aliphatic heterocycles. The van der Waals surface area contributed by atoms with E-state index in [1.807, 2.05) is 12.4 Å². The van der Waals surface area contributed by atoms with Crippen LogP contribution in [-0.2, 0) is 26.0 Å². The molecule has 0 bridgehead atoms. The number of carboxylic acid groups (broad SMARTS) is 1. The number of piperidine rings is 1. The van der Waals surface area contributed by atoms with Crippen molar-refractivity contribution in [1.82, 2.24) is 14.3 Å². The molecule has 0 aliphatic carbocycles. The predicted octanol–water partition coefficient (Wildman–Crippen LogP) is 1.16. The normalized spacial score (nSPS) is 23.0. The number of carbonyl (C=O) groups is 1. The third kappa shape index (κ3) is 6.77. The van der Waals surface area contributed by atoms with E-state index >= 15 is 0 Å². The van der Waals surface area contributed by atoms with Crippen molar-refractivity contribution >= 4 is 21.9 Å². The molecule has 0 radical (unpaired) electrons. The highest BCUT2D eigenvalue weighted by molar-refractivity contribution is 7.88. The van der Waals surface area contributed by atoms with Crippen molar-refractivity contribution in [2.24, 2.45) is 5.92 Å². The second kappa shape index (κ2) is 9.88. The van der Waals surface area contributed by atoms with Crippen LogP contribution in [0.5, 0.6) is 0 Å². The number of halogens is 3. The Labute approximate surface area is 172 Å². The Morgan fingerprint density at radius 2 is 1.87 bits per heavy atom. The average molecular weight is 454 g/mol. The predicted molar refractivity (Wildman–Crippen MR) is 102 cm³/mol. The first-order valence-electron chi connectivity index (χ1n) is 9.34. The summed E-state index contributed by atoms with van der Waals surface area (Å²) in [5.74, 6) is -1.71. The molecule has 9 nitrogen and oxygen atoms in total. The van der Waals surface area contributed by atoms with Gasteiger partial charge in [-0.25, -0.2) is 23.2 Å². The maximum absolute atomic E-state index is 11.7. The first kappa shape index (κ1) is 24.3. The van der Waals surface area contributed by atoms with Gasteiger partial charge in [0.2, 0.25) is 16.0 Å². The molecule has 1 aromatic rings. The fourth-order valence-electron chi connectivity index (χ4n) is 3.20. The van der Waals surface area contributed by atoms with E-state index in [1.165, 1.54) is 10.6 Å². The summed E-state index contributed by atoms with van der Waals surface area (Å²) >= 11 is 0. The highest BCUT2D eigenvalue weighted by Crippen LogP contribution is 2.26. The number of anilines is 1. The molecule has 0 amide bonds. The van der Waals surface area contributed by atoms with Crippen LogP contribution in [0.4, 0.5) is 19.1 Å². The van der Waals surface area contributed by atoms with Crippen molar-refractivity contribution in [3.8, 4) is 0 Å². The van der Waals surface area contributed by atoms with Crippen LogP contribution in [0.15, 0.2) is 12.4 Å². The van der Waals surface area contributed by atoms with Gasteiger partial charge in [0.15, 0.2) is 0 Å². The number of sulfonamides is 1. The molecule has 1 aromatic heterocycles. The van der Waals surface area contributed by atoms with Gasteiger partial charge >= 0.3 is 12.1 Å². The van der Waals surface area contributed by atoms with Gasteiger partial charge in [-0.05, 0) is 18.4 Å². The number of hydrogen-bond acceptors (Lipinski definition) is 7. The molecule has 30 heavy (non-hydrogen) atoms. The topological polar surface area (TPSA) is 113 Å². The van der Waals surface area contributed by atoms with E-state index in [2.05, 4.69) is 21.8 Å². The number of aliphatic carboxylic acids is 1. The number of ether oxygens (including phenoxy) is 1. The quantitative estimate of drug-likeness (QED) is 0.724. The molecule has 3 rings (SSSR count). The van der Waals surface area contributed by atoms with Crippen LogP contribution in [0.1, 0.15) is 18.9 Å². The lowest BCUT2D eigenvalue weighted by Crippen LogP contribution is -2.48. The Balaban J connectivity index is 0.000000396. The van der Waals surface area contributed by atoms with Crippen LogP contribution in [0.25, 0.3) is 0 Å². The molecule has 2 aliphatic rings. The maximum Gasteiger partial charge on any atom is 0.490 e. The van der Waals surface area contributed by atoms with Crippen molar-refractivity contribution in [3.63, 3.8) is 0 Å². The van der Waals surface area contributed by atoms with E-state index in [-0.39, 0.29) is 6.10 Å². The second-order valence-electron chi connectivity index (χ2n) is 7.07. The molecular weight excluding hydrogens is 429 g/mol. The van der Waals surface area contributed by atoms with Crippen molar-refractivity contribution in [2.75, 3.05) is 43.9 Å². The third-order valence-corrected chi connectivity index (χ3v) is 6.17. The minimum absolute atomic E-state index is 0.0432. The van der Waals surface area contributed by atoms with Crippen molar-refractivity contribution in [1.29, 1.82) is 0 Å². The molecule has 2 saturated heterocycles. The summed E-state index contributed by atoms with van der Waals surface area (Å²) in [5, 5.41) is 7.12. The molecule has 1 N–H and O–H groups in total. The monoisotopic (exact) mass is 454 g/mol. The fourth-order valence-corrected chi connectivity index (χ4v) is 4.05.